The maximum atomic E-state index is 16.0. The molecule has 0 spiro atoms. The van der Waals surface area contributed by atoms with Crippen LogP contribution in [0, 0.1) is 46.5 Å². The topological polar surface area (TPSA) is 247 Å². The van der Waals surface area contributed by atoms with Crippen LogP contribution in [-0.4, -0.2) is 92.1 Å². The van der Waals surface area contributed by atoms with Crippen LogP contribution in [0.5, 0.6) is 0 Å². The van der Waals surface area contributed by atoms with Gasteiger partial charge in [-0.05, 0) is 69.9 Å². The molecule has 2 amide bonds. The number of anilines is 1. The first-order valence-corrected chi connectivity index (χ1v) is 27.7. The first-order valence-electron chi connectivity index (χ1n) is 22.9. The van der Waals surface area contributed by atoms with Crippen LogP contribution in [0.15, 0.2) is 48.2 Å². The van der Waals surface area contributed by atoms with E-state index >= 15 is 26.3 Å². The number of nitrogens with zero attached hydrogens (tertiary/aromatic N) is 2. The van der Waals surface area contributed by atoms with E-state index < -0.39 is 145 Å². The molecular formula is C46H56F8N3O13S3+. The monoisotopic (exact) mass is 1110 g/mol. The number of rotatable bonds is 28. The number of quaternary nitrogens is 1. The molecule has 0 radical (unpaired) electrons. The minimum atomic E-state index is -4.50. The van der Waals surface area contributed by atoms with Gasteiger partial charge in [0, 0.05) is 47.9 Å². The molecule has 0 aromatic heterocycles. The normalized spacial score (nSPS) is 18.0. The summed E-state index contributed by atoms with van der Waals surface area (Å²) in [6.45, 7) is 6.06. The molecule has 1 fully saturated rings. The molecule has 2 atom stereocenters. The Morgan fingerprint density at radius 1 is 0.699 bits per heavy atom. The van der Waals surface area contributed by atoms with Gasteiger partial charge in [0.15, 0.2) is 40.6 Å². The highest BCUT2D eigenvalue weighted by atomic mass is 32.2. The molecule has 2 aromatic rings. The van der Waals surface area contributed by atoms with Crippen LogP contribution in [0.3, 0.4) is 0 Å². The summed E-state index contributed by atoms with van der Waals surface area (Å²) in [4.78, 5) is 42.1. The van der Waals surface area contributed by atoms with Gasteiger partial charge in [0.1, 0.15) is 0 Å². The molecule has 16 nitrogen and oxygen atoms in total. The number of carbonyl (C=O) groups excluding carboxylic acids is 3. The van der Waals surface area contributed by atoms with E-state index in [9.17, 15) is 57.5 Å². The lowest BCUT2D eigenvalue weighted by atomic mass is 9.71. The quantitative estimate of drug-likeness (QED) is 0.00941. The smallest absolute Gasteiger partial charge is 0.333 e. The minimum Gasteiger partial charge on any atom is -0.341 e. The van der Waals surface area contributed by atoms with Crippen molar-refractivity contribution in [1.29, 1.82) is 0 Å². The molecule has 0 bridgehead atoms. The fourth-order valence-electron chi connectivity index (χ4n) is 8.80. The summed E-state index contributed by atoms with van der Waals surface area (Å²) in [5.41, 5.74) is -6.53. The number of benzene rings is 2. The number of imide groups is 1. The Morgan fingerprint density at radius 2 is 1.23 bits per heavy atom. The molecule has 2 unspecified atom stereocenters. The van der Waals surface area contributed by atoms with E-state index in [1.54, 1.807) is 0 Å². The Labute approximate surface area is 417 Å². The number of carbonyl (C=O) groups is 3. The standard InChI is InChI=1S/C46H55F8N3O13S3/c1-28(45(2,21-10-13-25-71(61,62)63)33-35(47)37(49)39(51)41(53)43(33)55-23-11-14-26-72(64,65)66)16-6-4-7-17-29-46(3,22-9-5-8-18-32(60)70-57-30(58)19-20-31(57)59)34-36(48)38(50)40(52)42(54)44(34)56(29)24-12-15-27-73(67,68)69/h4,6-7,16-17,55H,1,5,8-15,18-27H2,2-3H3,(H,61,62,63)(H,64,65,66)(H,67,68,69)/p+1. The molecule has 2 aromatic carbocycles. The van der Waals surface area contributed by atoms with Crippen molar-refractivity contribution in [3.05, 3.63) is 106 Å². The van der Waals surface area contributed by atoms with Crippen molar-refractivity contribution in [3.63, 3.8) is 0 Å². The molecular weight excluding hydrogens is 1050 g/mol. The lowest BCUT2D eigenvalue weighted by Crippen LogP contribution is -2.79. The Bertz CT molecular complexity index is 2890. The summed E-state index contributed by atoms with van der Waals surface area (Å²) in [5.74, 6) is -20.3. The SMILES string of the molecule is C=C(C=CC=CC=C1N(CCCCS(=O)(=O)O)c2c(F)c(F)c(F)c(F)c2C1(C)CCCCCC(=O)ON1C(=O)CCC1=O)C(C)(CCCCS(=O)(=O)O)c1c(F)c(F)c(F)c(F)c1[NH2+]CCCCS(=O)(=O)O. The molecule has 73 heavy (non-hydrogen) atoms. The lowest BCUT2D eigenvalue weighted by molar-refractivity contribution is -0.574. The van der Waals surface area contributed by atoms with Crippen LogP contribution in [0.4, 0.5) is 46.5 Å². The second-order valence-electron chi connectivity index (χ2n) is 18.0. The third-order valence-electron chi connectivity index (χ3n) is 12.6. The van der Waals surface area contributed by atoms with E-state index in [2.05, 4.69) is 6.58 Å². The van der Waals surface area contributed by atoms with Crippen molar-refractivity contribution in [1.82, 2.24) is 5.06 Å². The third kappa shape index (κ3) is 15.5. The van der Waals surface area contributed by atoms with E-state index in [-0.39, 0.29) is 114 Å². The first kappa shape index (κ1) is 60.5. The summed E-state index contributed by atoms with van der Waals surface area (Å²) in [6.07, 6.45) is 4.79. The number of allylic oxidation sites excluding steroid dienone is 7. The van der Waals surface area contributed by atoms with E-state index in [1.165, 1.54) is 44.2 Å². The van der Waals surface area contributed by atoms with Gasteiger partial charge in [0.2, 0.25) is 11.6 Å². The van der Waals surface area contributed by atoms with Crippen molar-refractivity contribution in [2.24, 2.45) is 0 Å². The number of hydrogen-bond acceptors (Lipinski definition) is 11. The fraction of sp³-hybridized carbons (Fsp3) is 0.500. The second-order valence-corrected chi connectivity index (χ2v) is 22.7. The zero-order valence-electron chi connectivity index (χ0n) is 39.7. The number of amides is 2. The summed E-state index contributed by atoms with van der Waals surface area (Å²) in [5, 5.41) is 1.36. The summed E-state index contributed by atoms with van der Waals surface area (Å²) >= 11 is 0. The Morgan fingerprint density at radius 3 is 1.82 bits per heavy atom. The largest absolute Gasteiger partial charge is 0.341 e. The highest BCUT2D eigenvalue weighted by Gasteiger charge is 2.49. The maximum Gasteiger partial charge on any atom is 0.333 e. The molecule has 2 aliphatic heterocycles. The van der Waals surface area contributed by atoms with Gasteiger partial charge in [-0.2, -0.15) is 29.6 Å². The first-order chi connectivity index (χ1) is 33.9. The van der Waals surface area contributed by atoms with Crippen molar-refractivity contribution in [3.8, 4) is 0 Å². The summed E-state index contributed by atoms with van der Waals surface area (Å²) in [7, 11) is -13.4. The van der Waals surface area contributed by atoms with Crippen LogP contribution in [-0.2, 0) is 60.4 Å². The van der Waals surface area contributed by atoms with Gasteiger partial charge in [-0.15, -0.1) is 5.06 Å². The van der Waals surface area contributed by atoms with Crippen molar-refractivity contribution < 1.29 is 98.6 Å². The molecule has 406 valence electrons. The Kier molecular flexibility index (Phi) is 20.7. The number of hydroxylamine groups is 2. The number of hydrogen-bond donors (Lipinski definition) is 4. The zero-order valence-corrected chi connectivity index (χ0v) is 42.1. The lowest BCUT2D eigenvalue weighted by Gasteiger charge is -2.32. The average Bonchev–Trinajstić information content (AvgIpc) is 3.74. The van der Waals surface area contributed by atoms with Gasteiger partial charge in [0.05, 0.1) is 35.1 Å². The van der Waals surface area contributed by atoms with Crippen LogP contribution >= 0.6 is 0 Å². The van der Waals surface area contributed by atoms with Crippen molar-refractivity contribution >= 4 is 59.5 Å². The highest BCUT2D eigenvalue weighted by Crippen LogP contribution is 2.54. The van der Waals surface area contributed by atoms with Crippen LogP contribution < -0.4 is 10.2 Å². The Hall–Kier alpha value is -5.06. The molecule has 1 saturated heterocycles. The van der Waals surface area contributed by atoms with Gasteiger partial charge in [-0.1, -0.05) is 57.1 Å². The fourth-order valence-corrected chi connectivity index (χ4v) is 10.5. The number of fused-ring (bicyclic) bond motifs is 1. The molecule has 4 rings (SSSR count). The average molecular weight is 1110 g/mol. The Balaban J connectivity index is 1.74. The number of nitrogens with two attached hydrogens (primary N) is 1. The summed E-state index contributed by atoms with van der Waals surface area (Å²) in [6, 6.07) is 0. The zero-order chi connectivity index (χ0) is 54.9. The van der Waals surface area contributed by atoms with E-state index in [0.29, 0.717) is 5.06 Å². The molecule has 5 N–H and O–H groups in total. The molecule has 2 heterocycles. The van der Waals surface area contributed by atoms with Crippen LogP contribution in [0.2, 0.25) is 0 Å². The van der Waals surface area contributed by atoms with Gasteiger partial charge in [-0.25, -0.2) is 35.5 Å². The number of halogens is 8. The van der Waals surface area contributed by atoms with Gasteiger partial charge in [0.25, 0.3) is 42.2 Å². The minimum absolute atomic E-state index is 0.0193. The van der Waals surface area contributed by atoms with E-state index in [1.807, 2.05) is 0 Å². The third-order valence-corrected chi connectivity index (χ3v) is 15.0. The summed E-state index contributed by atoms with van der Waals surface area (Å²) < 4.78 is 220. The van der Waals surface area contributed by atoms with E-state index in [0.717, 1.165) is 10.2 Å². The predicted octanol–water partition coefficient (Wildman–Crippen LogP) is 7.53. The van der Waals surface area contributed by atoms with Crippen LogP contribution in [0.25, 0.3) is 0 Å². The number of unbranched alkanes of at least 4 members (excludes halogenated alkanes) is 5. The van der Waals surface area contributed by atoms with Crippen molar-refractivity contribution in [2.75, 3.05) is 35.2 Å². The molecule has 0 saturated carbocycles. The van der Waals surface area contributed by atoms with Gasteiger partial charge < -0.3 is 15.1 Å². The second kappa shape index (κ2) is 25.0. The molecule has 27 heteroatoms. The van der Waals surface area contributed by atoms with Crippen LogP contribution in [0.1, 0.15) is 115 Å². The van der Waals surface area contributed by atoms with E-state index in [4.69, 9.17) is 9.39 Å². The molecule has 0 aliphatic carbocycles. The van der Waals surface area contributed by atoms with Crippen molar-refractivity contribution in [2.45, 2.75) is 115 Å². The molecule has 2 aliphatic rings. The van der Waals surface area contributed by atoms with Gasteiger partial charge >= 0.3 is 5.97 Å². The maximum absolute atomic E-state index is 16.0. The van der Waals surface area contributed by atoms with Gasteiger partial charge in [-0.3, -0.25) is 23.2 Å². The highest BCUT2D eigenvalue weighted by molar-refractivity contribution is 7.86. The predicted molar refractivity (Wildman–Crippen MR) is 248 cm³/mol.